The maximum Gasteiger partial charge on any atom is 0.187 e. The van der Waals surface area contributed by atoms with Crippen molar-refractivity contribution in [1.29, 1.82) is 0 Å². The van der Waals surface area contributed by atoms with E-state index < -0.39 is 0 Å². The average Bonchev–Trinajstić information content (AvgIpc) is 0. The van der Waals surface area contributed by atoms with Crippen LogP contribution in [0.25, 0.3) is 0 Å². The van der Waals surface area contributed by atoms with Crippen LogP contribution in [-0.4, -0.2) is 52.1 Å². The van der Waals surface area contributed by atoms with Crippen LogP contribution in [0.5, 0.6) is 0 Å². The molecule has 29 valence electrons. The van der Waals surface area contributed by atoms with Crippen LogP contribution < -0.4 is 0 Å². The molecule has 4 heteroatoms. The molecule has 0 saturated carbocycles. The largest absolute Gasteiger partial charge is 0.187 e. The van der Waals surface area contributed by atoms with Crippen molar-refractivity contribution in [2.24, 2.45) is 0 Å². The van der Waals surface area contributed by atoms with E-state index >= 15 is 0 Å². The molecule has 0 N–H and O–H groups in total. The average molecular weight is 255 g/mol. The van der Waals surface area contributed by atoms with E-state index in [1.165, 1.54) is 0 Å². The van der Waals surface area contributed by atoms with Crippen LogP contribution in [0.1, 0.15) is 0 Å². The fourth-order valence-electron chi connectivity index (χ4n) is 0. The van der Waals surface area contributed by atoms with Crippen molar-refractivity contribution in [2.45, 2.75) is 0 Å². The van der Waals surface area contributed by atoms with Crippen molar-refractivity contribution in [3.63, 3.8) is 0 Å². The van der Waals surface area contributed by atoms with Crippen LogP contribution in [0.15, 0.2) is 0 Å². The van der Waals surface area contributed by atoms with E-state index in [1.807, 2.05) is 0 Å². The van der Waals surface area contributed by atoms with Crippen LogP contribution >= 0.6 is 0 Å². The van der Waals surface area contributed by atoms with Crippen molar-refractivity contribution in [3.8, 4) is 0 Å². The zero-order valence-corrected chi connectivity index (χ0v) is 2.24. The van der Waals surface area contributed by atoms with Crippen molar-refractivity contribution in [3.05, 3.63) is 0 Å². The third kappa shape index (κ3) is 8.85. The van der Waals surface area contributed by atoms with E-state index in [1.54, 1.807) is 0 Å². The molecule has 0 aliphatic heterocycles. The van der Waals surface area contributed by atoms with Crippen LogP contribution in [0.2, 0.25) is 0 Å². The van der Waals surface area contributed by atoms with Gasteiger partial charge in [0.2, 0.25) is 0 Å². The van der Waals surface area contributed by atoms with E-state index in [0.717, 1.165) is 0 Å². The van der Waals surface area contributed by atoms with Gasteiger partial charge in [-0.25, -0.2) is 0 Å². The normalized spacial score (nSPS) is 0. The Labute approximate surface area is 88.1 Å². The smallest absolute Gasteiger partial charge is 0 e. The van der Waals surface area contributed by atoms with Crippen molar-refractivity contribution >= 4 is 52.1 Å². The van der Waals surface area contributed by atoms with Gasteiger partial charge < -0.3 is 0 Å². The van der Waals surface area contributed by atoms with Gasteiger partial charge in [0.05, 0.1) is 0 Å². The standard InChI is InChI=1S/3Al.Ho.9H. The molecule has 0 aromatic carbocycles. The summed E-state index contributed by atoms with van der Waals surface area (Å²) in [6.45, 7) is 0. The Balaban J connectivity index is 0. The number of rotatable bonds is 0. The molecule has 0 aliphatic rings. The molecule has 0 atom stereocenters. The van der Waals surface area contributed by atoms with Gasteiger partial charge in [0.25, 0.3) is 0 Å². The van der Waals surface area contributed by atoms with Gasteiger partial charge >= 0.3 is 0 Å². The van der Waals surface area contributed by atoms with Gasteiger partial charge in [0.1, 0.15) is 0 Å². The molecule has 0 heterocycles. The van der Waals surface area contributed by atoms with E-state index in [4.69, 9.17) is 0 Å². The minimum Gasteiger partial charge on any atom is 0 e. The van der Waals surface area contributed by atoms with E-state index in [0.29, 0.717) is 0 Å². The molecule has 0 aromatic rings. The Kier molecular flexibility index (Phi) is 122. The third-order valence-electron chi connectivity index (χ3n) is 0. The number of hydrogen-bond acceptors (Lipinski definition) is 0. The molecule has 0 saturated heterocycles. The zero-order chi connectivity index (χ0) is 0. The van der Waals surface area contributed by atoms with Gasteiger partial charge in [-0.15, -0.1) is 0 Å². The Morgan fingerprint density at radius 3 is 0.500 bits per heavy atom. The predicted octanol–water partition coefficient (Wildman–Crippen LogP) is -3.55. The molecular weight excluding hydrogens is 246 g/mol. The topological polar surface area (TPSA) is 0 Å². The van der Waals surface area contributed by atoms with Gasteiger partial charge in [-0.05, 0) is 0 Å². The first-order chi connectivity index (χ1) is 0. The summed E-state index contributed by atoms with van der Waals surface area (Å²) >= 11 is 0. The van der Waals surface area contributed by atoms with Crippen LogP contribution in [0.3, 0.4) is 0 Å². The zero-order valence-electron chi connectivity index (χ0n) is 0.302. The molecule has 0 aromatic heterocycles. The first-order valence-electron chi connectivity index (χ1n) is 0. The molecule has 0 spiro atoms. The Bertz CT molecular complexity index is 3.25. The van der Waals surface area contributed by atoms with Gasteiger partial charge in [0, 0.05) is 37.7 Å². The maximum absolute atomic E-state index is 0. The molecule has 0 rings (SSSR count). The van der Waals surface area contributed by atoms with Crippen molar-refractivity contribution in [1.82, 2.24) is 0 Å². The summed E-state index contributed by atoms with van der Waals surface area (Å²) < 4.78 is 0. The van der Waals surface area contributed by atoms with Crippen molar-refractivity contribution in [2.75, 3.05) is 0 Å². The summed E-state index contributed by atoms with van der Waals surface area (Å²) in [6.07, 6.45) is 0. The summed E-state index contributed by atoms with van der Waals surface area (Å²) in [5.41, 5.74) is 0. The Morgan fingerprint density at radius 1 is 0.500 bits per heavy atom. The minimum atomic E-state index is 0. The van der Waals surface area contributed by atoms with Crippen LogP contribution in [-0.2, 0) is 0 Å². The Hall–Kier alpha value is 2.86. The monoisotopic (exact) mass is 255 g/mol. The van der Waals surface area contributed by atoms with E-state index in [-0.39, 0.29) is 89.8 Å². The fourth-order valence-corrected chi connectivity index (χ4v) is 0. The Morgan fingerprint density at radius 2 is 0.500 bits per heavy atom. The molecule has 0 unspecified atom stereocenters. The van der Waals surface area contributed by atoms with Crippen LogP contribution in [0.4, 0.5) is 0 Å². The maximum atomic E-state index is 0. The van der Waals surface area contributed by atoms with Gasteiger partial charge in [0.15, 0.2) is 52.1 Å². The number of hydrogen-bond donors (Lipinski definition) is 0. The van der Waals surface area contributed by atoms with Crippen molar-refractivity contribution < 1.29 is 37.7 Å². The molecule has 0 amide bonds. The minimum absolute atomic E-state index is 0. The third-order valence-corrected chi connectivity index (χ3v) is 0. The summed E-state index contributed by atoms with van der Waals surface area (Å²) in [6, 6.07) is 0. The van der Waals surface area contributed by atoms with E-state index in [2.05, 4.69) is 0 Å². The summed E-state index contributed by atoms with van der Waals surface area (Å²) in [4.78, 5) is 0. The summed E-state index contributed by atoms with van der Waals surface area (Å²) in [5.74, 6) is 0. The predicted molar refractivity (Wildman–Crippen MR) is 29.8 cm³/mol. The summed E-state index contributed by atoms with van der Waals surface area (Å²) in [5, 5.41) is 0. The molecule has 4 heavy (non-hydrogen) atoms. The molecule has 0 nitrogen and oxygen atoms in total. The molecule has 0 aliphatic carbocycles. The second-order valence-corrected chi connectivity index (χ2v) is 0. The quantitative estimate of drug-likeness (QED) is 0.393. The van der Waals surface area contributed by atoms with E-state index in [9.17, 15) is 0 Å². The second-order valence-electron chi connectivity index (χ2n) is 0. The van der Waals surface area contributed by atoms with Crippen LogP contribution in [0, 0.1) is 37.7 Å². The summed E-state index contributed by atoms with van der Waals surface area (Å²) in [7, 11) is 0. The van der Waals surface area contributed by atoms with Gasteiger partial charge in [-0.2, -0.15) is 0 Å². The fraction of sp³-hybridized carbons (Fsp3) is 0. The molecule has 0 bridgehead atoms. The first-order valence-corrected chi connectivity index (χ1v) is 0. The first kappa shape index (κ1) is 28.8. The second kappa shape index (κ2) is 16.9. The molecule has 1 radical (unpaired) electrons. The van der Waals surface area contributed by atoms with Gasteiger partial charge in [-0.1, -0.05) is 0 Å². The molecular formula is H9Al3Ho. The van der Waals surface area contributed by atoms with Gasteiger partial charge in [-0.3, -0.25) is 0 Å². The SMILES string of the molecule is [AlH3].[AlH3].[AlH3].[Ho]. The molecule has 0 fully saturated rings.